The van der Waals surface area contributed by atoms with Gasteiger partial charge < -0.3 is 19.4 Å². The molecule has 0 N–H and O–H groups in total. The third kappa shape index (κ3) is 3.74. The number of para-hydroxylation sites is 1. The molecule has 0 radical (unpaired) electrons. The highest BCUT2D eigenvalue weighted by Gasteiger charge is 2.27. The second kappa shape index (κ2) is 8.23. The first-order valence-electron chi connectivity index (χ1n) is 10.1. The number of morpholine rings is 1. The average molecular weight is 444 g/mol. The number of rotatable bonds is 3. The van der Waals surface area contributed by atoms with Gasteiger partial charge in [0.15, 0.2) is 0 Å². The molecule has 0 aliphatic carbocycles. The summed E-state index contributed by atoms with van der Waals surface area (Å²) in [5.41, 5.74) is 0.0498. The van der Waals surface area contributed by atoms with Crippen molar-refractivity contribution in [1.29, 1.82) is 0 Å². The molecular formula is C20H21FN6O3S. The maximum atomic E-state index is 14.0. The van der Waals surface area contributed by atoms with Crippen LogP contribution in [0.5, 0.6) is 0 Å². The molecule has 3 aromatic rings. The number of ether oxygens (including phenoxy) is 1. The Bertz CT molecular complexity index is 1170. The molecule has 1 amide bonds. The Balaban J connectivity index is 1.33. The minimum atomic E-state index is -0.470. The van der Waals surface area contributed by atoms with E-state index in [1.807, 2.05) is 9.80 Å². The molecule has 2 aliphatic rings. The molecule has 0 atom stereocenters. The van der Waals surface area contributed by atoms with Crippen molar-refractivity contribution in [2.75, 3.05) is 62.3 Å². The second-order valence-electron chi connectivity index (χ2n) is 7.39. The monoisotopic (exact) mass is 444 g/mol. The fraction of sp³-hybridized carbons (Fsp3) is 0.400. The van der Waals surface area contributed by atoms with Crippen LogP contribution in [0.1, 0.15) is 10.4 Å². The van der Waals surface area contributed by atoms with Crippen LogP contribution in [0.25, 0.3) is 4.96 Å². The molecule has 31 heavy (non-hydrogen) atoms. The summed E-state index contributed by atoms with van der Waals surface area (Å²) in [5, 5.41) is 5.09. The minimum absolute atomic E-state index is 0.00401. The van der Waals surface area contributed by atoms with Crippen LogP contribution < -0.4 is 15.4 Å². The predicted octanol–water partition coefficient (Wildman–Crippen LogP) is 1.09. The van der Waals surface area contributed by atoms with Crippen LogP contribution in [-0.2, 0) is 4.74 Å². The molecular weight excluding hydrogens is 423 g/mol. The lowest BCUT2D eigenvalue weighted by Crippen LogP contribution is -2.50. The molecule has 0 unspecified atom stereocenters. The summed E-state index contributed by atoms with van der Waals surface area (Å²) in [6.45, 7) is 4.39. The third-order valence-electron chi connectivity index (χ3n) is 5.55. The fourth-order valence-electron chi connectivity index (χ4n) is 3.83. The topological polar surface area (TPSA) is 83.3 Å². The zero-order chi connectivity index (χ0) is 21.4. The van der Waals surface area contributed by atoms with E-state index in [0.717, 1.165) is 0 Å². The van der Waals surface area contributed by atoms with Crippen LogP contribution in [-0.4, -0.2) is 77.9 Å². The molecule has 2 aliphatic heterocycles. The van der Waals surface area contributed by atoms with Gasteiger partial charge >= 0.3 is 0 Å². The molecule has 0 spiro atoms. The van der Waals surface area contributed by atoms with E-state index in [2.05, 4.69) is 10.1 Å². The number of carbonyl (C=O) groups is 1. The second-order valence-corrected chi connectivity index (χ2v) is 8.32. The number of fused-ring (bicyclic) bond motifs is 1. The summed E-state index contributed by atoms with van der Waals surface area (Å²) in [6, 6.07) is 6.59. The normalized spacial score (nSPS) is 17.4. The minimum Gasteiger partial charge on any atom is -0.378 e. The lowest BCUT2D eigenvalue weighted by Gasteiger charge is -2.36. The average Bonchev–Trinajstić information content (AvgIpc) is 3.25. The van der Waals surface area contributed by atoms with Crippen LogP contribution in [0, 0.1) is 5.82 Å². The number of anilines is 2. The van der Waals surface area contributed by atoms with Gasteiger partial charge in [-0.15, -0.1) is 5.10 Å². The third-order valence-corrected chi connectivity index (χ3v) is 6.53. The zero-order valence-corrected chi connectivity index (χ0v) is 17.6. The van der Waals surface area contributed by atoms with Gasteiger partial charge in [-0.1, -0.05) is 23.5 Å². The largest absolute Gasteiger partial charge is 0.378 e. The van der Waals surface area contributed by atoms with Crippen molar-refractivity contribution >= 4 is 33.0 Å². The number of hydrogen-bond donors (Lipinski definition) is 0. The SMILES string of the molecule is O=C(c1cnc2sc(N3CCOCC3)nn2c1=O)N1CCN(c2ccccc2F)CC1. The highest BCUT2D eigenvalue weighted by atomic mass is 32.1. The zero-order valence-electron chi connectivity index (χ0n) is 16.7. The lowest BCUT2D eigenvalue weighted by molar-refractivity contribution is 0.0744. The van der Waals surface area contributed by atoms with Crippen molar-refractivity contribution < 1.29 is 13.9 Å². The van der Waals surface area contributed by atoms with Crippen molar-refractivity contribution in [3.8, 4) is 0 Å². The van der Waals surface area contributed by atoms with E-state index in [1.165, 1.54) is 28.1 Å². The maximum absolute atomic E-state index is 14.0. The summed E-state index contributed by atoms with van der Waals surface area (Å²) in [7, 11) is 0. The number of aromatic nitrogens is 3. The summed E-state index contributed by atoms with van der Waals surface area (Å²) in [6.07, 6.45) is 1.34. The Morgan fingerprint density at radius 1 is 1.03 bits per heavy atom. The van der Waals surface area contributed by atoms with Gasteiger partial charge in [-0.3, -0.25) is 9.59 Å². The van der Waals surface area contributed by atoms with E-state index in [1.54, 1.807) is 23.1 Å². The molecule has 162 valence electrons. The molecule has 0 bridgehead atoms. The molecule has 11 heteroatoms. The van der Waals surface area contributed by atoms with Gasteiger partial charge in [0.2, 0.25) is 10.1 Å². The van der Waals surface area contributed by atoms with Crippen LogP contribution in [0.15, 0.2) is 35.3 Å². The Kier molecular flexibility index (Phi) is 5.28. The van der Waals surface area contributed by atoms with Crippen molar-refractivity contribution in [2.24, 2.45) is 0 Å². The molecule has 0 saturated carbocycles. The molecule has 9 nitrogen and oxygen atoms in total. The predicted molar refractivity (Wildman–Crippen MR) is 115 cm³/mol. The number of nitrogens with zero attached hydrogens (tertiary/aromatic N) is 6. The highest BCUT2D eigenvalue weighted by molar-refractivity contribution is 7.20. The first kappa shape index (κ1) is 19.9. The van der Waals surface area contributed by atoms with Crippen molar-refractivity contribution in [3.63, 3.8) is 0 Å². The van der Waals surface area contributed by atoms with E-state index in [4.69, 9.17) is 4.74 Å². The number of halogens is 1. The Hall–Kier alpha value is -3.05. The summed E-state index contributed by atoms with van der Waals surface area (Å²) >= 11 is 1.32. The number of benzene rings is 1. The number of piperazine rings is 1. The van der Waals surface area contributed by atoms with Crippen LogP contribution in [0.2, 0.25) is 0 Å². The molecule has 1 aromatic carbocycles. The van der Waals surface area contributed by atoms with Gasteiger partial charge in [0.1, 0.15) is 11.4 Å². The number of amides is 1. The molecule has 2 saturated heterocycles. The molecule has 2 fully saturated rings. The smallest absolute Gasteiger partial charge is 0.288 e. The van der Waals surface area contributed by atoms with Crippen LogP contribution in [0.4, 0.5) is 15.2 Å². The van der Waals surface area contributed by atoms with Crippen molar-refractivity contribution in [3.05, 3.63) is 52.2 Å². The van der Waals surface area contributed by atoms with Crippen LogP contribution >= 0.6 is 11.3 Å². The molecule has 5 rings (SSSR count). The Labute approximate surface area is 181 Å². The van der Waals surface area contributed by atoms with E-state index >= 15 is 0 Å². The highest BCUT2D eigenvalue weighted by Crippen LogP contribution is 2.23. The van der Waals surface area contributed by atoms with Crippen molar-refractivity contribution in [1.82, 2.24) is 19.5 Å². The standard InChI is InChI=1S/C20H21FN6O3S/c21-15-3-1-2-4-16(15)24-5-7-25(8-6-24)17(28)14-13-22-19-27(18(14)29)23-20(31-19)26-9-11-30-12-10-26/h1-4,13H,5-12H2. The van der Waals surface area contributed by atoms with Gasteiger partial charge in [-0.25, -0.2) is 9.37 Å². The quantitative estimate of drug-likeness (QED) is 0.598. The van der Waals surface area contributed by atoms with E-state index in [-0.39, 0.29) is 17.3 Å². The van der Waals surface area contributed by atoms with Gasteiger partial charge in [0.25, 0.3) is 11.5 Å². The Morgan fingerprint density at radius 2 is 1.77 bits per heavy atom. The van der Waals surface area contributed by atoms with E-state index in [9.17, 15) is 14.0 Å². The van der Waals surface area contributed by atoms with Gasteiger partial charge in [0.05, 0.1) is 18.9 Å². The summed E-state index contributed by atoms with van der Waals surface area (Å²) < 4.78 is 20.6. The summed E-state index contributed by atoms with van der Waals surface area (Å²) in [5.74, 6) is -0.657. The van der Waals surface area contributed by atoms with E-state index in [0.29, 0.717) is 68.3 Å². The first-order chi connectivity index (χ1) is 15.1. The maximum Gasteiger partial charge on any atom is 0.288 e. The van der Waals surface area contributed by atoms with E-state index < -0.39 is 5.56 Å². The first-order valence-corrected chi connectivity index (χ1v) is 10.9. The molecule has 4 heterocycles. The van der Waals surface area contributed by atoms with Gasteiger partial charge in [-0.2, -0.15) is 4.52 Å². The Morgan fingerprint density at radius 3 is 2.52 bits per heavy atom. The van der Waals surface area contributed by atoms with Gasteiger partial charge in [0, 0.05) is 45.5 Å². The molecule has 2 aromatic heterocycles. The number of carbonyl (C=O) groups excluding carboxylic acids is 1. The number of hydrogen-bond acceptors (Lipinski definition) is 8. The lowest BCUT2D eigenvalue weighted by atomic mass is 10.2. The van der Waals surface area contributed by atoms with Gasteiger partial charge in [-0.05, 0) is 12.1 Å². The van der Waals surface area contributed by atoms with Crippen LogP contribution in [0.3, 0.4) is 0 Å². The fourth-order valence-corrected chi connectivity index (χ4v) is 4.75. The summed E-state index contributed by atoms with van der Waals surface area (Å²) in [4.78, 5) is 36.3. The van der Waals surface area contributed by atoms with Crippen molar-refractivity contribution in [2.45, 2.75) is 0 Å².